The predicted molar refractivity (Wildman–Crippen MR) is 75.5 cm³/mol. The Bertz CT molecular complexity index is 497. The number of benzene rings is 2. The first kappa shape index (κ1) is 12.1. The van der Waals surface area contributed by atoms with E-state index in [4.69, 9.17) is 5.73 Å². The molecular weight excluding hydrogens is 276 g/mol. The summed E-state index contributed by atoms with van der Waals surface area (Å²) in [6, 6.07) is 16.2. The molecule has 0 saturated carbocycles. The van der Waals surface area contributed by atoms with E-state index in [9.17, 15) is 0 Å². The SMILES string of the molecule is Nc1ccccc1CNCc1cccc(Br)c1. The molecule has 0 amide bonds. The summed E-state index contributed by atoms with van der Waals surface area (Å²) in [5.74, 6) is 0. The third-order valence-corrected chi connectivity index (χ3v) is 3.08. The van der Waals surface area contributed by atoms with Gasteiger partial charge in [0.1, 0.15) is 0 Å². The molecule has 3 N–H and O–H groups in total. The second-order valence-corrected chi connectivity index (χ2v) is 4.85. The predicted octanol–water partition coefficient (Wildman–Crippen LogP) is 3.32. The van der Waals surface area contributed by atoms with Gasteiger partial charge in [-0.3, -0.25) is 0 Å². The van der Waals surface area contributed by atoms with Crippen molar-refractivity contribution in [2.75, 3.05) is 5.73 Å². The number of nitrogen functional groups attached to an aromatic ring is 1. The molecule has 0 aliphatic carbocycles. The highest BCUT2D eigenvalue weighted by Gasteiger charge is 1.98. The molecule has 2 nitrogen and oxygen atoms in total. The summed E-state index contributed by atoms with van der Waals surface area (Å²) >= 11 is 3.46. The smallest absolute Gasteiger partial charge is 0.0359 e. The van der Waals surface area contributed by atoms with E-state index in [0.29, 0.717) is 0 Å². The minimum absolute atomic E-state index is 0.791. The molecule has 0 atom stereocenters. The van der Waals surface area contributed by atoms with Crippen molar-refractivity contribution in [1.29, 1.82) is 0 Å². The van der Waals surface area contributed by atoms with Crippen LogP contribution >= 0.6 is 15.9 Å². The first-order chi connectivity index (χ1) is 8.25. The molecule has 3 heteroatoms. The van der Waals surface area contributed by atoms with Gasteiger partial charge in [0, 0.05) is 23.2 Å². The monoisotopic (exact) mass is 290 g/mol. The largest absolute Gasteiger partial charge is 0.398 e. The normalized spacial score (nSPS) is 10.4. The zero-order valence-electron chi connectivity index (χ0n) is 9.49. The van der Waals surface area contributed by atoms with Gasteiger partial charge in [-0.2, -0.15) is 0 Å². The molecule has 2 rings (SSSR count). The Morgan fingerprint density at radius 3 is 2.59 bits per heavy atom. The van der Waals surface area contributed by atoms with Gasteiger partial charge in [0.05, 0.1) is 0 Å². The fourth-order valence-electron chi connectivity index (χ4n) is 1.68. The fourth-order valence-corrected chi connectivity index (χ4v) is 2.13. The van der Waals surface area contributed by atoms with Crippen LogP contribution in [0.25, 0.3) is 0 Å². The van der Waals surface area contributed by atoms with Crippen molar-refractivity contribution in [2.24, 2.45) is 0 Å². The highest BCUT2D eigenvalue weighted by Crippen LogP contribution is 2.12. The molecule has 2 aromatic rings. The van der Waals surface area contributed by atoms with E-state index in [1.807, 2.05) is 36.4 Å². The van der Waals surface area contributed by atoms with Gasteiger partial charge in [-0.05, 0) is 29.3 Å². The Morgan fingerprint density at radius 1 is 1.00 bits per heavy atom. The van der Waals surface area contributed by atoms with Crippen LogP contribution in [0.1, 0.15) is 11.1 Å². The van der Waals surface area contributed by atoms with E-state index in [1.54, 1.807) is 0 Å². The fraction of sp³-hybridized carbons (Fsp3) is 0.143. The number of hydrogen-bond donors (Lipinski definition) is 2. The number of hydrogen-bond acceptors (Lipinski definition) is 2. The van der Waals surface area contributed by atoms with Crippen molar-refractivity contribution in [3.05, 3.63) is 64.1 Å². The van der Waals surface area contributed by atoms with Gasteiger partial charge in [-0.25, -0.2) is 0 Å². The summed E-state index contributed by atoms with van der Waals surface area (Å²) in [6.45, 7) is 1.63. The van der Waals surface area contributed by atoms with Crippen LogP contribution in [-0.2, 0) is 13.1 Å². The second kappa shape index (κ2) is 5.84. The van der Waals surface area contributed by atoms with Gasteiger partial charge in [0.15, 0.2) is 0 Å². The molecule has 17 heavy (non-hydrogen) atoms. The summed E-state index contributed by atoms with van der Waals surface area (Å²) in [5.41, 5.74) is 9.12. The van der Waals surface area contributed by atoms with Crippen LogP contribution < -0.4 is 11.1 Å². The van der Waals surface area contributed by atoms with E-state index in [2.05, 4.69) is 33.4 Å². The topological polar surface area (TPSA) is 38.0 Å². The molecular formula is C14H15BrN2. The van der Waals surface area contributed by atoms with E-state index >= 15 is 0 Å². The van der Waals surface area contributed by atoms with E-state index in [1.165, 1.54) is 5.56 Å². The minimum atomic E-state index is 0.791. The third kappa shape index (κ3) is 3.58. The van der Waals surface area contributed by atoms with Crippen molar-refractivity contribution in [2.45, 2.75) is 13.1 Å². The van der Waals surface area contributed by atoms with Gasteiger partial charge in [-0.15, -0.1) is 0 Å². The van der Waals surface area contributed by atoms with Crippen molar-refractivity contribution in [3.8, 4) is 0 Å². The summed E-state index contributed by atoms with van der Waals surface area (Å²) in [6.07, 6.45) is 0. The van der Waals surface area contributed by atoms with Crippen LogP contribution in [0.5, 0.6) is 0 Å². The maximum Gasteiger partial charge on any atom is 0.0359 e. The third-order valence-electron chi connectivity index (χ3n) is 2.59. The molecule has 0 aromatic heterocycles. The molecule has 0 bridgehead atoms. The van der Waals surface area contributed by atoms with Crippen LogP contribution in [0.3, 0.4) is 0 Å². The van der Waals surface area contributed by atoms with Gasteiger partial charge >= 0.3 is 0 Å². The quantitative estimate of drug-likeness (QED) is 0.848. The van der Waals surface area contributed by atoms with Gasteiger partial charge in [-0.1, -0.05) is 46.3 Å². The molecule has 0 fully saturated rings. The Morgan fingerprint density at radius 2 is 1.82 bits per heavy atom. The number of nitrogens with two attached hydrogens (primary N) is 1. The molecule has 0 aliphatic rings. The lowest BCUT2D eigenvalue weighted by Crippen LogP contribution is -2.13. The standard InChI is InChI=1S/C14H15BrN2/c15-13-6-3-4-11(8-13)9-17-10-12-5-1-2-7-14(12)16/h1-8,17H,9-10,16H2. The maximum atomic E-state index is 5.88. The van der Waals surface area contributed by atoms with Crippen LogP contribution in [-0.4, -0.2) is 0 Å². The van der Waals surface area contributed by atoms with Gasteiger partial charge in [0.25, 0.3) is 0 Å². The van der Waals surface area contributed by atoms with Gasteiger partial charge < -0.3 is 11.1 Å². The average molecular weight is 291 g/mol. The zero-order chi connectivity index (χ0) is 12.1. The summed E-state index contributed by atoms with van der Waals surface area (Å²) in [4.78, 5) is 0. The molecule has 88 valence electrons. The molecule has 2 aromatic carbocycles. The van der Waals surface area contributed by atoms with Crippen molar-refractivity contribution >= 4 is 21.6 Å². The Hall–Kier alpha value is -1.32. The first-order valence-corrected chi connectivity index (χ1v) is 6.33. The molecule has 0 unspecified atom stereocenters. The lowest BCUT2D eigenvalue weighted by atomic mass is 10.1. The minimum Gasteiger partial charge on any atom is -0.398 e. The molecule has 0 aliphatic heterocycles. The molecule has 0 spiro atoms. The Labute approximate surface area is 110 Å². The van der Waals surface area contributed by atoms with Crippen LogP contribution in [0.2, 0.25) is 0 Å². The maximum absolute atomic E-state index is 5.88. The highest BCUT2D eigenvalue weighted by atomic mass is 79.9. The van der Waals surface area contributed by atoms with E-state index in [0.717, 1.165) is 28.8 Å². The van der Waals surface area contributed by atoms with E-state index in [-0.39, 0.29) is 0 Å². The highest BCUT2D eigenvalue weighted by molar-refractivity contribution is 9.10. The lowest BCUT2D eigenvalue weighted by molar-refractivity contribution is 0.694. The first-order valence-electron chi connectivity index (χ1n) is 5.54. The van der Waals surface area contributed by atoms with Crippen LogP contribution in [0, 0.1) is 0 Å². The number of anilines is 1. The summed E-state index contributed by atoms with van der Waals surface area (Å²) in [7, 11) is 0. The Balaban J connectivity index is 1.90. The van der Waals surface area contributed by atoms with Crippen molar-refractivity contribution in [1.82, 2.24) is 5.32 Å². The Kier molecular flexibility index (Phi) is 4.18. The summed E-state index contributed by atoms with van der Waals surface area (Å²) in [5, 5.41) is 3.39. The molecule has 0 radical (unpaired) electrons. The van der Waals surface area contributed by atoms with Crippen molar-refractivity contribution in [3.63, 3.8) is 0 Å². The van der Waals surface area contributed by atoms with Crippen molar-refractivity contribution < 1.29 is 0 Å². The lowest BCUT2D eigenvalue weighted by Gasteiger charge is -2.07. The zero-order valence-corrected chi connectivity index (χ0v) is 11.1. The summed E-state index contributed by atoms with van der Waals surface area (Å²) < 4.78 is 1.11. The second-order valence-electron chi connectivity index (χ2n) is 3.93. The number of nitrogens with one attached hydrogen (secondary N) is 1. The van der Waals surface area contributed by atoms with E-state index < -0.39 is 0 Å². The van der Waals surface area contributed by atoms with Crippen LogP contribution in [0.4, 0.5) is 5.69 Å². The molecule has 0 heterocycles. The number of para-hydroxylation sites is 1. The van der Waals surface area contributed by atoms with Gasteiger partial charge in [0.2, 0.25) is 0 Å². The average Bonchev–Trinajstić information content (AvgIpc) is 2.32. The van der Waals surface area contributed by atoms with Crippen LogP contribution in [0.15, 0.2) is 53.0 Å². The number of rotatable bonds is 4. The number of halogens is 1. The molecule has 0 saturated heterocycles.